The van der Waals surface area contributed by atoms with Crippen molar-refractivity contribution < 1.29 is 77.3 Å². The Balaban J connectivity index is -0.00000180. The maximum absolute atomic E-state index is 10.6. The molecule has 0 saturated heterocycles. The van der Waals surface area contributed by atoms with Crippen molar-refractivity contribution in [3.63, 3.8) is 0 Å². The van der Waals surface area contributed by atoms with E-state index in [1.54, 1.807) is 0 Å². The number of carboxylic acids is 4. The molecular weight excluding hydrogens is 290 g/mol. The van der Waals surface area contributed by atoms with Crippen molar-refractivity contribution in [3.05, 3.63) is 0 Å². The molecule has 114 valence electrons. The van der Waals surface area contributed by atoms with E-state index in [0.717, 1.165) is 9.80 Å². The van der Waals surface area contributed by atoms with E-state index >= 15 is 0 Å². The molecule has 0 atom stereocenters. The van der Waals surface area contributed by atoms with Gasteiger partial charge in [-0.1, -0.05) is 0 Å². The molecule has 0 aromatic carbocycles. The Morgan fingerprint density at radius 3 is 0.864 bits per heavy atom. The Hall–Kier alpha value is -1.01. The van der Waals surface area contributed by atoms with Crippen LogP contribution in [0.3, 0.4) is 0 Å². The van der Waals surface area contributed by atoms with Crippen LogP contribution in [0.15, 0.2) is 0 Å². The van der Waals surface area contributed by atoms with E-state index < -0.39 is 50.1 Å². The number of carboxylic acid groups (broad SMARTS) is 4. The molecule has 0 aromatic rings. The Morgan fingerprint density at radius 1 is 0.545 bits per heavy atom. The number of rotatable bonds is 11. The molecule has 0 unspecified atom stereocenters. The number of aliphatic carboxylic acids is 4. The van der Waals surface area contributed by atoms with Gasteiger partial charge in [0.15, 0.2) is 0 Å². The fourth-order valence-electron chi connectivity index (χ4n) is 1.48. The second-order valence-electron chi connectivity index (χ2n) is 4.00. The quantitative estimate of drug-likeness (QED) is 0.270. The van der Waals surface area contributed by atoms with Gasteiger partial charge >= 0.3 is 61.6 Å². The fraction of sp³-hybridized carbons (Fsp3) is 0.600. The molecule has 0 fully saturated rings. The number of carbonyl (C=O) groups is 4. The van der Waals surface area contributed by atoms with Crippen molar-refractivity contribution in [2.75, 3.05) is 39.3 Å². The van der Waals surface area contributed by atoms with Crippen molar-refractivity contribution in [3.8, 4) is 0 Å². The van der Waals surface area contributed by atoms with E-state index in [-0.39, 0.29) is 50.8 Å². The Bertz CT molecular complexity index is 325. The first-order chi connectivity index (χ1) is 9.20. The summed E-state index contributed by atoms with van der Waals surface area (Å²) in [5.74, 6) is -4.91. The first kappa shape index (κ1) is 25.9. The van der Waals surface area contributed by atoms with Crippen LogP contribution in [-0.4, -0.2) is 93.4 Å². The molecule has 0 heterocycles. The third-order valence-corrected chi connectivity index (χ3v) is 2.17. The zero-order valence-corrected chi connectivity index (χ0v) is 12.6. The molecule has 0 rings (SSSR count). The van der Waals surface area contributed by atoms with Gasteiger partial charge in [0, 0.05) is 13.1 Å². The van der Waals surface area contributed by atoms with Gasteiger partial charge in [0.25, 0.3) is 0 Å². The fourth-order valence-corrected chi connectivity index (χ4v) is 1.48. The van der Waals surface area contributed by atoms with Gasteiger partial charge in [-0.25, -0.2) is 0 Å². The predicted molar refractivity (Wildman–Crippen MR) is 63.4 cm³/mol. The molecular formula is C10H16Li2N2O8+2. The average molecular weight is 306 g/mol. The standard InChI is InChI=1S/C10H16N2O8.2Li/c13-7(14)3-11(4-8(15)16)1-2-12(5-9(17)18)6-10(19)20;;/h1-6H2,(H,13,14)(H,15,16)(H,17,18)(H,19,20);;/q;2*+1. The molecule has 10 nitrogen and oxygen atoms in total. The summed E-state index contributed by atoms with van der Waals surface area (Å²) < 4.78 is 0. The van der Waals surface area contributed by atoms with E-state index in [1.807, 2.05) is 0 Å². The van der Waals surface area contributed by atoms with Crippen LogP contribution in [0, 0.1) is 0 Å². The number of hydrogen-bond acceptors (Lipinski definition) is 6. The summed E-state index contributed by atoms with van der Waals surface area (Å²) in [5, 5.41) is 34.5. The molecule has 0 spiro atoms. The molecule has 0 saturated carbocycles. The summed E-state index contributed by atoms with van der Waals surface area (Å²) >= 11 is 0. The second kappa shape index (κ2) is 13.6. The largest absolute Gasteiger partial charge is 1.00 e. The van der Waals surface area contributed by atoms with Crippen molar-refractivity contribution in [1.82, 2.24) is 9.80 Å². The third kappa shape index (κ3) is 15.4. The zero-order valence-electron chi connectivity index (χ0n) is 12.6. The molecule has 0 aliphatic heterocycles. The average Bonchev–Trinajstić information content (AvgIpc) is 2.22. The summed E-state index contributed by atoms with van der Waals surface area (Å²) in [6.07, 6.45) is 0. The Morgan fingerprint density at radius 2 is 0.727 bits per heavy atom. The predicted octanol–water partition coefficient (Wildman–Crippen LogP) is -8.06. The van der Waals surface area contributed by atoms with E-state index in [0.29, 0.717) is 0 Å². The SMILES string of the molecule is O=C(O)CN(CCN(CC(=O)O)CC(=O)O)CC(=O)O.[Li+].[Li+]. The minimum atomic E-state index is -1.23. The van der Waals surface area contributed by atoms with Gasteiger partial charge < -0.3 is 20.4 Å². The Kier molecular flexibility index (Phi) is 16.1. The summed E-state index contributed by atoms with van der Waals surface area (Å²) in [4.78, 5) is 44.4. The monoisotopic (exact) mass is 306 g/mol. The van der Waals surface area contributed by atoms with Crippen molar-refractivity contribution in [2.45, 2.75) is 0 Å². The van der Waals surface area contributed by atoms with Crippen molar-refractivity contribution >= 4 is 23.9 Å². The maximum atomic E-state index is 10.6. The van der Waals surface area contributed by atoms with Gasteiger partial charge in [-0.3, -0.25) is 29.0 Å². The molecule has 0 aliphatic carbocycles. The van der Waals surface area contributed by atoms with E-state index in [1.165, 1.54) is 0 Å². The minimum Gasteiger partial charge on any atom is -0.480 e. The minimum absolute atomic E-state index is 0. The third-order valence-electron chi connectivity index (χ3n) is 2.17. The van der Waals surface area contributed by atoms with Crippen LogP contribution in [0.1, 0.15) is 0 Å². The molecule has 12 heteroatoms. The van der Waals surface area contributed by atoms with Gasteiger partial charge in [0.2, 0.25) is 0 Å². The van der Waals surface area contributed by atoms with Gasteiger partial charge in [-0.2, -0.15) is 0 Å². The summed E-state index contributed by atoms with van der Waals surface area (Å²) in [6, 6.07) is 0. The first-order valence-electron chi connectivity index (χ1n) is 5.52. The van der Waals surface area contributed by atoms with Crippen molar-refractivity contribution in [2.24, 2.45) is 0 Å². The zero-order chi connectivity index (χ0) is 15.7. The molecule has 0 aliphatic rings. The summed E-state index contributed by atoms with van der Waals surface area (Å²) in [6.45, 7) is -2.25. The molecule has 0 bridgehead atoms. The van der Waals surface area contributed by atoms with Gasteiger partial charge in [-0.05, 0) is 0 Å². The second-order valence-corrected chi connectivity index (χ2v) is 4.00. The van der Waals surface area contributed by atoms with Crippen LogP contribution in [0.4, 0.5) is 0 Å². The molecule has 0 aromatic heterocycles. The first-order valence-corrected chi connectivity index (χ1v) is 5.52. The summed E-state index contributed by atoms with van der Waals surface area (Å²) in [7, 11) is 0. The number of hydrogen-bond donors (Lipinski definition) is 4. The molecule has 22 heavy (non-hydrogen) atoms. The smallest absolute Gasteiger partial charge is 0.480 e. The van der Waals surface area contributed by atoms with Crippen LogP contribution < -0.4 is 37.7 Å². The molecule has 4 N–H and O–H groups in total. The molecule has 0 radical (unpaired) electrons. The van der Waals surface area contributed by atoms with E-state index in [4.69, 9.17) is 20.4 Å². The van der Waals surface area contributed by atoms with Crippen LogP contribution in [0.25, 0.3) is 0 Å². The van der Waals surface area contributed by atoms with E-state index in [2.05, 4.69) is 0 Å². The maximum Gasteiger partial charge on any atom is 1.00 e. The van der Waals surface area contributed by atoms with Gasteiger partial charge in [0.05, 0.1) is 26.2 Å². The van der Waals surface area contributed by atoms with Crippen molar-refractivity contribution in [1.29, 1.82) is 0 Å². The van der Waals surface area contributed by atoms with Crippen LogP contribution >= 0.6 is 0 Å². The van der Waals surface area contributed by atoms with E-state index in [9.17, 15) is 19.2 Å². The van der Waals surface area contributed by atoms with Crippen LogP contribution in [-0.2, 0) is 19.2 Å². The molecule has 0 amide bonds. The normalized spacial score (nSPS) is 9.73. The van der Waals surface area contributed by atoms with Crippen LogP contribution in [0.2, 0.25) is 0 Å². The van der Waals surface area contributed by atoms with Gasteiger partial charge in [0.1, 0.15) is 0 Å². The Labute approximate surface area is 150 Å². The van der Waals surface area contributed by atoms with Crippen LogP contribution in [0.5, 0.6) is 0 Å². The summed E-state index contributed by atoms with van der Waals surface area (Å²) in [5.41, 5.74) is 0. The topological polar surface area (TPSA) is 156 Å². The number of nitrogens with zero attached hydrogens (tertiary/aromatic N) is 2. The van der Waals surface area contributed by atoms with Gasteiger partial charge in [-0.15, -0.1) is 0 Å².